The van der Waals surface area contributed by atoms with Crippen molar-refractivity contribution in [1.29, 1.82) is 5.26 Å². The van der Waals surface area contributed by atoms with Gasteiger partial charge in [-0.05, 0) is 50.8 Å². The molecule has 0 aromatic heterocycles. The highest BCUT2D eigenvalue weighted by molar-refractivity contribution is 5.28. The van der Waals surface area contributed by atoms with Crippen molar-refractivity contribution in [3.05, 3.63) is 29.8 Å². The lowest BCUT2D eigenvalue weighted by Gasteiger charge is -2.14. The second kappa shape index (κ2) is 7.84. The van der Waals surface area contributed by atoms with Gasteiger partial charge < -0.3 is 4.74 Å². The molecular weight excluding hydrogens is 234 g/mol. The Balaban J connectivity index is 2.16. The van der Waals surface area contributed by atoms with Crippen LogP contribution in [0.4, 0.5) is 0 Å². The third-order valence-corrected chi connectivity index (χ3v) is 3.32. The predicted octanol–water partition coefficient (Wildman–Crippen LogP) is 4.74. The molecule has 0 aliphatic carbocycles. The second-order valence-corrected chi connectivity index (χ2v) is 5.66. The number of hydrogen-bond donors (Lipinski definition) is 0. The Labute approximate surface area is 117 Å². The van der Waals surface area contributed by atoms with E-state index in [0.717, 1.165) is 44.5 Å². The minimum Gasteiger partial charge on any atom is -0.494 e. The zero-order chi connectivity index (χ0) is 14.1. The molecule has 19 heavy (non-hydrogen) atoms. The van der Waals surface area contributed by atoms with Crippen molar-refractivity contribution in [3.63, 3.8) is 0 Å². The van der Waals surface area contributed by atoms with Gasteiger partial charge in [-0.2, -0.15) is 5.26 Å². The van der Waals surface area contributed by atoms with Crippen molar-refractivity contribution < 1.29 is 4.74 Å². The van der Waals surface area contributed by atoms with Gasteiger partial charge in [-0.25, -0.2) is 0 Å². The summed E-state index contributed by atoms with van der Waals surface area (Å²) in [4.78, 5) is 0. The fourth-order valence-electron chi connectivity index (χ4n) is 1.95. The molecule has 2 heteroatoms. The smallest absolute Gasteiger partial charge is 0.119 e. The van der Waals surface area contributed by atoms with E-state index in [0.29, 0.717) is 0 Å². The van der Waals surface area contributed by atoms with Gasteiger partial charge in [0, 0.05) is 0 Å². The Morgan fingerprint density at radius 1 is 1.21 bits per heavy atom. The number of benzene rings is 1. The number of rotatable bonds is 8. The number of aryl methyl sites for hydroxylation is 1. The lowest BCUT2D eigenvalue weighted by Crippen LogP contribution is -2.07. The Kier molecular flexibility index (Phi) is 6.42. The maximum Gasteiger partial charge on any atom is 0.119 e. The zero-order valence-corrected chi connectivity index (χ0v) is 12.4. The lowest BCUT2D eigenvalue weighted by molar-refractivity contribution is 0.300. The number of nitrogens with zero attached hydrogens (tertiary/aromatic N) is 1. The van der Waals surface area contributed by atoms with E-state index in [1.807, 2.05) is 26.0 Å². The normalized spacial score (nSPS) is 11.1. The maximum absolute atomic E-state index is 8.92. The van der Waals surface area contributed by atoms with E-state index in [1.54, 1.807) is 0 Å². The Bertz CT molecular complexity index is 418. The van der Waals surface area contributed by atoms with Crippen molar-refractivity contribution in [1.82, 2.24) is 0 Å². The molecule has 0 bridgehead atoms. The molecule has 0 spiro atoms. The van der Waals surface area contributed by atoms with E-state index >= 15 is 0 Å². The second-order valence-electron chi connectivity index (χ2n) is 5.66. The Morgan fingerprint density at radius 2 is 2.00 bits per heavy atom. The number of ether oxygens (including phenoxy) is 1. The summed E-state index contributed by atoms with van der Waals surface area (Å²) in [5.74, 6) is 0.969. The van der Waals surface area contributed by atoms with Crippen LogP contribution >= 0.6 is 0 Å². The molecule has 1 aromatic rings. The van der Waals surface area contributed by atoms with Crippen LogP contribution in [0.2, 0.25) is 0 Å². The van der Waals surface area contributed by atoms with Gasteiger partial charge in [0.1, 0.15) is 5.75 Å². The van der Waals surface area contributed by atoms with Crippen LogP contribution in [-0.4, -0.2) is 6.61 Å². The average molecular weight is 259 g/mol. The first kappa shape index (κ1) is 15.6. The molecule has 0 saturated carbocycles. The monoisotopic (exact) mass is 259 g/mol. The van der Waals surface area contributed by atoms with Crippen molar-refractivity contribution in [2.75, 3.05) is 6.61 Å². The van der Waals surface area contributed by atoms with Crippen molar-refractivity contribution in [3.8, 4) is 11.8 Å². The summed E-state index contributed by atoms with van der Waals surface area (Å²) in [7, 11) is 0. The molecule has 0 heterocycles. The van der Waals surface area contributed by atoms with Gasteiger partial charge in [-0.1, -0.05) is 31.9 Å². The summed E-state index contributed by atoms with van der Waals surface area (Å²) in [6.07, 6.45) is 5.28. The molecule has 104 valence electrons. The third kappa shape index (κ3) is 6.29. The lowest BCUT2D eigenvalue weighted by atomic mass is 9.89. The van der Waals surface area contributed by atoms with Crippen molar-refractivity contribution >= 4 is 0 Å². The summed E-state index contributed by atoms with van der Waals surface area (Å²) >= 11 is 0. The molecule has 1 rings (SSSR count). The van der Waals surface area contributed by atoms with Crippen LogP contribution in [0.3, 0.4) is 0 Å². The van der Waals surface area contributed by atoms with Gasteiger partial charge in [-0.15, -0.1) is 0 Å². The number of unbranched alkanes of at least 4 members (excludes halogenated alkanes) is 2. The Hall–Kier alpha value is -1.49. The molecule has 0 amide bonds. The summed E-state index contributed by atoms with van der Waals surface area (Å²) in [5.41, 5.74) is 1.13. The molecule has 0 aliphatic rings. The van der Waals surface area contributed by atoms with Gasteiger partial charge in [0.05, 0.1) is 18.1 Å². The van der Waals surface area contributed by atoms with Crippen LogP contribution < -0.4 is 4.74 Å². The van der Waals surface area contributed by atoms with E-state index in [-0.39, 0.29) is 5.41 Å². The SMILES string of the molecule is CCc1cccc(OCCCCCC(C)(C)C#N)c1. The highest BCUT2D eigenvalue weighted by Gasteiger charge is 2.15. The van der Waals surface area contributed by atoms with Crippen LogP contribution in [0.25, 0.3) is 0 Å². The summed E-state index contributed by atoms with van der Waals surface area (Å²) in [6, 6.07) is 10.6. The van der Waals surface area contributed by atoms with Crippen LogP contribution in [0.5, 0.6) is 5.75 Å². The minimum atomic E-state index is -0.184. The highest BCUT2D eigenvalue weighted by atomic mass is 16.5. The first-order valence-electron chi connectivity index (χ1n) is 7.20. The molecule has 0 fully saturated rings. The van der Waals surface area contributed by atoms with Crippen LogP contribution in [0.1, 0.15) is 52.0 Å². The predicted molar refractivity (Wildman–Crippen MR) is 79.2 cm³/mol. The van der Waals surface area contributed by atoms with Crippen LogP contribution in [-0.2, 0) is 6.42 Å². The van der Waals surface area contributed by atoms with E-state index < -0.39 is 0 Å². The van der Waals surface area contributed by atoms with Gasteiger partial charge in [-0.3, -0.25) is 0 Å². The molecule has 0 radical (unpaired) electrons. The standard InChI is InChI=1S/C17H25NO/c1-4-15-9-8-10-16(13-15)19-12-7-5-6-11-17(2,3)14-18/h8-10,13H,4-7,11-12H2,1-3H3. The molecular formula is C17H25NO. The quantitative estimate of drug-likeness (QED) is 0.632. The summed E-state index contributed by atoms with van der Waals surface area (Å²) < 4.78 is 5.74. The molecule has 0 saturated heterocycles. The maximum atomic E-state index is 8.92. The van der Waals surface area contributed by atoms with Crippen molar-refractivity contribution in [2.24, 2.45) is 5.41 Å². The zero-order valence-electron chi connectivity index (χ0n) is 12.4. The van der Waals surface area contributed by atoms with Crippen LogP contribution in [0.15, 0.2) is 24.3 Å². The summed E-state index contributed by atoms with van der Waals surface area (Å²) in [5, 5.41) is 8.92. The third-order valence-electron chi connectivity index (χ3n) is 3.32. The fourth-order valence-corrected chi connectivity index (χ4v) is 1.95. The largest absolute Gasteiger partial charge is 0.494 e. The number of hydrogen-bond acceptors (Lipinski definition) is 2. The van der Waals surface area contributed by atoms with Gasteiger partial charge in [0.15, 0.2) is 0 Å². The van der Waals surface area contributed by atoms with Gasteiger partial charge >= 0.3 is 0 Å². The average Bonchev–Trinajstić information content (AvgIpc) is 2.43. The van der Waals surface area contributed by atoms with E-state index in [4.69, 9.17) is 10.00 Å². The minimum absolute atomic E-state index is 0.184. The molecule has 0 aliphatic heterocycles. The number of nitriles is 1. The molecule has 0 atom stereocenters. The highest BCUT2D eigenvalue weighted by Crippen LogP contribution is 2.22. The molecule has 2 nitrogen and oxygen atoms in total. The molecule has 0 N–H and O–H groups in total. The van der Waals surface area contributed by atoms with E-state index in [1.165, 1.54) is 5.56 Å². The molecule has 1 aromatic carbocycles. The topological polar surface area (TPSA) is 33.0 Å². The van der Waals surface area contributed by atoms with Crippen LogP contribution in [0, 0.1) is 16.7 Å². The van der Waals surface area contributed by atoms with E-state index in [2.05, 4.69) is 25.1 Å². The summed E-state index contributed by atoms with van der Waals surface area (Å²) in [6.45, 7) is 6.91. The first-order valence-corrected chi connectivity index (χ1v) is 7.20. The van der Waals surface area contributed by atoms with Crippen molar-refractivity contribution in [2.45, 2.75) is 52.9 Å². The van der Waals surface area contributed by atoms with Gasteiger partial charge in [0.25, 0.3) is 0 Å². The Morgan fingerprint density at radius 3 is 2.68 bits per heavy atom. The van der Waals surface area contributed by atoms with E-state index in [9.17, 15) is 0 Å². The first-order chi connectivity index (χ1) is 9.07. The van der Waals surface area contributed by atoms with Gasteiger partial charge in [0.2, 0.25) is 0 Å². The molecule has 0 unspecified atom stereocenters. The fraction of sp³-hybridized carbons (Fsp3) is 0.588.